The Kier molecular flexibility index (Phi) is 12.8. The van der Waals surface area contributed by atoms with Crippen LogP contribution in [-0.2, 0) is 12.8 Å². The number of methoxy groups -OCH3 is 2. The van der Waals surface area contributed by atoms with E-state index in [1.807, 2.05) is 6.07 Å². The number of rotatable bonds is 14. The number of likely N-dealkylation sites (tertiary alicyclic amines) is 1. The molecule has 4 aliphatic rings. The SMILES string of the molecule is COc1c(F)cccc1Nc1c(-c2ccncc2OCC2CCN2C(=O)O)[nH]c2c1C(=O)NCC2.COc1c(F)cccc1Nc1c(-c2ccncc2OC[C@H]2CCN2)[nH]c2c1C(=O)NCC2. The highest BCUT2D eigenvalue weighted by atomic mass is 19.1. The van der Waals surface area contributed by atoms with Crippen molar-refractivity contribution < 1.29 is 47.2 Å². The van der Waals surface area contributed by atoms with Crippen LogP contribution in [-0.4, -0.2) is 114 Å². The summed E-state index contributed by atoms with van der Waals surface area (Å²) < 4.78 is 51.2. The molecule has 2 saturated heterocycles. The van der Waals surface area contributed by atoms with Crippen molar-refractivity contribution in [1.82, 2.24) is 40.8 Å². The quantitative estimate of drug-likeness (QED) is 0.0594. The van der Waals surface area contributed by atoms with Gasteiger partial charge in [0.1, 0.15) is 24.7 Å². The zero-order valence-electron chi connectivity index (χ0n) is 36.6. The van der Waals surface area contributed by atoms with Gasteiger partial charge in [0.15, 0.2) is 23.1 Å². The van der Waals surface area contributed by atoms with E-state index in [1.54, 1.807) is 55.1 Å². The maximum absolute atomic E-state index is 14.4. The summed E-state index contributed by atoms with van der Waals surface area (Å²) in [6.45, 7) is 3.20. The number of anilines is 4. The number of para-hydroxylation sites is 2. The number of halogens is 2. The van der Waals surface area contributed by atoms with E-state index >= 15 is 0 Å². The Morgan fingerprint density at radius 3 is 1.69 bits per heavy atom. The van der Waals surface area contributed by atoms with Crippen LogP contribution in [0.15, 0.2) is 73.3 Å². The molecule has 4 aliphatic heterocycles. The smallest absolute Gasteiger partial charge is 0.407 e. The number of carbonyl (C=O) groups is 3. The van der Waals surface area contributed by atoms with Crippen LogP contribution < -0.4 is 45.5 Å². The van der Waals surface area contributed by atoms with Gasteiger partial charge in [0.2, 0.25) is 0 Å². The van der Waals surface area contributed by atoms with Crippen LogP contribution in [0.3, 0.4) is 0 Å². The minimum atomic E-state index is -0.977. The van der Waals surface area contributed by atoms with Crippen molar-refractivity contribution in [1.29, 1.82) is 0 Å². The third-order valence-electron chi connectivity index (χ3n) is 12.1. The Morgan fingerprint density at radius 2 is 1.25 bits per heavy atom. The van der Waals surface area contributed by atoms with E-state index in [0.717, 1.165) is 29.9 Å². The van der Waals surface area contributed by atoms with Crippen LogP contribution in [0.4, 0.5) is 36.3 Å². The molecule has 3 amide bonds. The number of hydrogen-bond acceptors (Lipinski definition) is 12. The van der Waals surface area contributed by atoms with E-state index in [4.69, 9.17) is 18.9 Å². The molecule has 8 N–H and O–H groups in total. The molecule has 2 fully saturated rings. The van der Waals surface area contributed by atoms with E-state index in [9.17, 15) is 28.3 Å². The Hall–Kier alpha value is -7.87. The standard InChI is InChI=1S/C24H24FN5O5.C23H24FN5O3/c1-34-22-15(25)3-2-4-17(22)29-21-19-16(6-9-27-23(19)31)28-20(21)14-5-8-26-11-18(14)35-12-13-7-10-30(13)24(32)33;1-31-22-15(24)3-2-4-17(22)29-21-19-16(7-10-27-23(19)30)28-20(21)14-6-8-25-11-18(14)32-12-13-5-9-26-13/h2-5,8,11,13,28-29H,6-7,9-10,12H2,1H3,(H,27,31)(H,32,33);2-4,6,8,11,13,26,28-29H,5,7,9-10,12H2,1H3,(H,27,30)/t;13-/m.1/s1. The molecular formula is C47H48F2N10O8. The lowest BCUT2D eigenvalue weighted by molar-refractivity contribution is 0.0500. The number of pyridine rings is 2. The first-order valence-electron chi connectivity index (χ1n) is 21.8. The molecule has 4 aromatic heterocycles. The van der Waals surface area contributed by atoms with Crippen molar-refractivity contribution in [3.8, 4) is 45.5 Å². The summed E-state index contributed by atoms with van der Waals surface area (Å²) in [4.78, 5) is 53.3. The number of aromatic nitrogens is 4. The topological polar surface area (TPSA) is 229 Å². The summed E-state index contributed by atoms with van der Waals surface area (Å²) in [5.74, 6) is -0.344. The van der Waals surface area contributed by atoms with Crippen molar-refractivity contribution in [3.05, 3.63) is 107 Å². The van der Waals surface area contributed by atoms with Gasteiger partial charge in [-0.3, -0.25) is 19.6 Å². The van der Waals surface area contributed by atoms with Crippen LogP contribution in [0.5, 0.6) is 23.0 Å². The number of carboxylic acid groups (broad SMARTS) is 1. The Labute approximate surface area is 382 Å². The van der Waals surface area contributed by atoms with Crippen LogP contribution in [0.25, 0.3) is 22.5 Å². The second kappa shape index (κ2) is 19.3. The fourth-order valence-electron chi connectivity index (χ4n) is 8.45. The molecule has 2 atom stereocenters. The number of H-pyrrole nitrogens is 2. The molecule has 0 saturated carbocycles. The molecule has 8 heterocycles. The highest BCUT2D eigenvalue weighted by Gasteiger charge is 2.34. The summed E-state index contributed by atoms with van der Waals surface area (Å²) in [5, 5.41) is 24.7. The number of nitrogens with one attached hydrogen (secondary N) is 7. The van der Waals surface area contributed by atoms with Gasteiger partial charge in [0, 0.05) is 73.4 Å². The van der Waals surface area contributed by atoms with E-state index in [2.05, 4.69) is 46.5 Å². The highest BCUT2D eigenvalue weighted by Crippen LogP contribution is 2.44. The third kappa shape index (κ3) is 8.94. The molecule has 67 heavy (non-hydrogen) atoms. The van der Waals surface area contributed by atoms with E-state index in [0.29, 0.717) is 114 Å². The molecule has 348 valence electrons. The Morgan fingerprint density at radius 1 is 0.746 bits per heavy atom. The Balaban J connectivity index is 0.000000169. The number of nitrogens with zero attached hydrogens (tertiary/aromatic N) is 3. The summed E-state index contributed by atoms with van der Waals surface area (Å²) in [5.41, 5.74) is 6.88. The number of carbonyl (C=O) groups excluding carboxylic acids is 2. The van der Waals surface area contributed by atoms with Crippen LogP contribution in [0.1, 0.15) is 44.9 Å². The van der Waals surface area contributed by atoms with E-state index in [1.165, 1.54) is 31.3 Å². The lowest BCUT2D eigenvalue weighted by atomic mass is 10.0. The van der Waals surface area contributed by atoms with Gasteiger partial charge < -0.3 is 65.5 Å². The highest BCUT2D eigenvalue weighted by molar-refractivity contribution is 6.07. The first kappa shape index (κ1) is 44.3. The number of amides is 3. The molecule has 6 aromatic rings. The predicted octanol–water partition coefficient (Wildman–Crippen LogP) is 6.38. The van der Waals surface area contributed by atoms with E-state index in [-0.39, 0.29) is 36.0 Å². The first-order chi connectivity index (χ1) is 32.6. The normalized spacial score (nSPS) is 16.9. The molecule has 0 bridgehead atoms. The maximum atomic E-state index is 14.4. The summed E-state index contributed by atoms with van der Waals surface area (Å²) in [6.07, 6.45) is 8.54. The first-order valence-corrected chi connectivity index (χ1v) is 21.8. The van der Waals surface area contributed by atoms with Crippen molar-refractivity contribution in [2.75, 3.05) is 64.2 Å². The van der Waals surface area contributed by atoms with Gasteiger partial charge in [-0.1, -0.05) is 12.1 Å². The number of aromatic amines is 2. The van der Waals surface area contributed by atoms with Crippen molar-refractivity contribution in [2.45, 2.75) is 37.8 Å². The van der Waals surface area contributed by atoms with Crippen LogP contribution in [0, 0.1) is 11.6 Å². The summed E-state index contributed by atoms with van der Waals surface area (Å²) in [6, 6.07) is 12.8. The molecule has 2 aromatic carbocycles. The van der Waals surface area contributed by atoms with Gasteiger partial charge in [0.25, 0.3) is 11.8 Å². The lowest BCUT2D eigenvalue weighted by Gasteiger charge is -2.38. The van der Waals surface area contributed by atoms with Crippen LogP contribution in [0.2, 0.25) is 0 Å². The molecule has 10 rings (SSSR count). The zero-order chi connectivity index (χ0) is 46.6. The van der Waals surface area contributed by atoms with Gasteiger partial charge in [-0.15, -0.1) is 0 Å². The second-order valence-electron chi connectivity index (χ2n) is 16.1. The van der Waals surface area contributed by atoms with E-state index < -0.39 is 17.7 Å². The Bertz CT molecular complexity index is 2830. The number of hydrogen-bond donors (Lipinski definition) is 8. The molecule has 1 unspecified atom stereocenters. The third-order valence-corrected chi connectivity index (χ3v) is 12.1. The molecule has 20 heteroatoms. The van der Waals surface area contributed by atoms with Gasteiger partial charge in [-0.25, -0.2) is 13.6 Å². The molecule has 0 radical (unpaired) electrons. The van der Waals surface area contributed by atoms with Gasteiger partial charge in [0.05, 0.1) is 77.9 Å². The average molecular weight is 919 g/mol. The minimum Gasteiger partial charge on any atom is -0.492 e. The average Bonchev–Trinajstić information content (AvgIpc) is 3.85. The second-order valence-corrected chi connectivity index (χ2v) is 16.1. The maximum Gasteiger partial charge on any atom is 0.407 e. The van der Waals surface area contributed by atoms with Gasteiger partial charge in [-0.05, 0) is 55.8 Å². The van der Waals surface area contributed by atoms with Gasteiger partial charge >= 0.3 is 6.09 Å². The molecule has 18 nitrogen and oxygen atoms in total. The van der Waals surface area contributed by atoms with Crippen molar-refractivity contribution >= 4 is 40.7 Å². The van der Waals surface area contributed by atoms with Gasteiger partial charge in [-0.2, -0.15) is 0 Å². The monoisotopic (exact) mass is 918 g/mol. The van der Waals surface area contributed by atoms with Crippen molar-refractivity contribution in [3.63, 3.8) is 0 Å². The fourth-order valence-corrected chi connectivity index (χ4v) is 8.45. The van der Waals surface area contributed by atoms with Crippen LogP contribution >= 0.6 is 0 Å². The number of benzene rings is 2. The molecular weight excluding hydrogens is 871 g/mol. The molecule has 0 aliphatic carbocycles. The fraction of sp³-hybridized carbons (Fsp3) is 0.298. The predicted molar refractivity (Wildman–Crippen MR) is 243 cm³/mol. The largest absolute Gasteiger partial charge is 0.492 e. The lowest BCUT2D eigenvalue weighted by Crippen LogP contribution is -2.53. The minimum absolute atomic E-state index is 0.0227. The summed E-state index contributed by atoms with van der Waals surface area (Å²) >= 11 is 0. The zero-order valence-corrected chi connectivity index (χ0v) is 36.6. The van der Waals surface area contributed by atoms with Crippen molar-refractivity contribution in [2.24, 2.45) is 0 Å². The molecule has 0 spiro atoms. The summed E-state index contributed by atoms with van der Waals surface area (Å²) in [7, 11) is 2.78. The number of fused-ring (bicyclic) bond motifs is 2. The number of ether oxygens (including phenoxy) is 4.